The monoisotopic (exact) mass is 356 g/mol. The molecule has 0 aliphatic heterocycles. The Labute approximate surface area is 142 Å². The zero-order chi connectivity index (χ0) is 18.8. The maximum Gasteiger partial charge on any atom is 0.320 e. The molecule has 0 aromatic heterocycles. The predicted molar refractivity (Wildman–Crippen MR) is 93.1 cm³/mol. The molecule has 6 nitrogen and oxygen atoms in total. The zero-order valence-electron chi connectivity index (χ0n) is 14.3. The molecule has 1 aromatic rings. The number of carbonyl (C=O) groups excluding carboxylic acids is 2. The Morgan fingerprint density at radius 1 is 1.29 bits per heavy atom. The van der Waals surface area contributed by atoms with Crippen LogP contribution in [0.25, 0.3) is 6.08 Å². The lowest BCUT2D eigenvalue weighted by Crippen LogP contribution is -2.51. The van der Waals surface area contributed by atoms with E-state index in [0.29, 0.717) is 5.56 Å². The molecule has 0 saturated heterocycles. The van der Waals surface area contributed by atoms with Gasteiger partial charge < -0.3 is 13.8 Å². The van der Waals surface area contributed by atoms with E-state index in [1.54, 1.807) is 13.8 Å². The van der Waals surface area contributed by atoms with E-state index < -0.39 is 38.7 Å². The first-order valence-electron chi connectivity index (χ1n) is 7.40. The lowest BCUT2D eigenvalue weighted by atomic mass is 9.89. The Hall–Kier alpha value is -1.83. The Balaban J connectivity index is 3.32. The third-order valence-corrected chi connectivity index (χ3v) is 6.03. The Bertz CT molecular complexity index is 713. The number of rotatable bonds is 7. The van der Waals surface area contributed by atoms with Gasteiger partial charge in [-0.1, -0.05) is 24.8 Å². The lowest BCUT2D eigenvalue weighted by molar-refractivity contribution is -0.161. The zero-order valence-corrected chi connectivity index (χ0v) is 15.1. The minimum atomic E-state index is -5.43. The molecular weight excluding hydrogens is 332 g/mol. The summed E-state index contributed by atoms with van der Waals surface area (Å²) in [6.45, 7) is 9.08. The van der Waals surface area contributed by atoms with Crippen molar-refractivity contribution in [2.45, 2.75) is 38.7 Å². The van der Waals surface area contributed by atoms with Gasteiger partial charge in [0.05, 0.1) is 16.8 Å². The van der Waals surface area contributed by atoms with Crippen LogP contribution in [0.2, 0.25) is 0 Å². The number of ether oxygens (including phenoxy) is 1. The standard InChI is InChI=1S/C17H24O6S/c1-6-14-7-9-15(10-8-14)24(20,21,22)11-17(5,13(4)18)16(19)23-12(2)3/h6-10,12H,1,11H2,2-5H3,(H2,20,21,22). The van der Waals surface area contributed by atoms with Gasteiger partial charge in [0.15, 0.2) is 0 Å². The fraction of sp³-hybridized carbons (Fsp3) is 0.412. The van der Waals surface area contributed by atoms with Gasteiger partial charge in [-0.3, -0.25) is 9.59 Å². The molecular formula is C17H24O6S. The summed E-state index contributed by atoms with van der Waals surface area (Å²) in [6.07, 6.45) is 1.03. The molecule has 1 atom stereocenters. The van der Waals surface area contributed by atoms with Crippen molar-refractivity contribution in [2.24, 2.45) is 5.41 Å². The van der Waals surface area contributed by atoms with Gasteiger partial charge in [-0.15, -0.1) is 0 Å². The molecule has 0 fully saturated rings. The molecule has 0 radical (unpaired) electrons. The smallest absolute Gasteiger partial charge is 0.320 e. The molecule has 0 aliphatic carbocycles. The molecule has 0 bridgehead atoms. The largest absolute Gasteiger partial charge is 0.462 e. The Morgan fingerprint density at radius 2 is 1.79 bits per heavy atom. The summed E-state index contributed by atoms with van der Waals surface area (Å²) in [4.78, 5) is 24.0. The van der Waals surface area contributed by atoms with Crippen LogP contribution in [0, 0.1) is 5.41 Å². The van der Waals surface area contributed by atoms with Crippen LogP contribution in [-0.2, 0) is 24.0 Å². The summed E-state index contributed by atoms with van der Waals surface area (Å²) in [6, 6.07) is 5.53. The highest BCUT2D eigenvalue weighted by atomic mass is 32.3. The second-order valence-corrected chi connectivity index (χ2v) is 9.07. The average molecular weight is 356 g/mol. The highest BCUT2D eigenvalue weighted by Gasteiger charge is 2.50. The van der Waals surface area contributed by atoms with Crippen molar-refractivity contribution in [1.82, 2.24) is 0 Å². The van der Waals surface area contributed by atoms with Crippen LogP contribution >= 0.6 is 0 Å². The van der Waals surface area contributed by atoms with Gasteiger partial charge in [-0.05, 0) is 45.4 Å². The van der Waals surface area contributed by atoms with Crippen molar-refractivity contribution in [3.05, 3.63) is 36.4 Å². The highest BCUT2D eigenvalue weighted by Crippen LogP contribution is 2.37. The predicted octanol–water partition coefficient (Wildman–Crippen LogP) is 3.00. The van der Waals surface area contributed by atoms with E-state index in [4.69, 9.17) is 4.74 Å². The van der Waals surface area contributed by atoms with E-state index in [9.17, 15) is 22.9 Å². The molecule has 0 heterocycles. The fourth-order valence-corrected chi connectivity index (χ4v) is 4.34. The van der Waals surface area contributed by atoms with Crippen molar-refractivity contribution < 1.29 is 27.6 Å². The van der Waals surface area contributed by atoms with E-state index in [2.05, 4.69) is 6.58 Å². The van der Waals surface area contributed by atoms with Crippen molar-refractivity contribution in [1.29, 1.82) is 0 Å². The van der Waals surface area contributed by atoms with Crippen LogP contribution in [0.3, 0.4) is 0 Å². The topological polar surface area (TPSA) is 101 Å². The number of carbonyl (C=O) groups is 2. The van der Waals surface area contributed by atoms with Gasteiger partial charge in [0.2, 0.25) is 0 Å². The average Bonchev–Trinajstić information content (AvgIpc) is 2.45. The fourth-order valence-electron chi connectivity index (χ4n) is 2.13. The van der Waals surface area contributed by atoms with E-state index >= 15 is 0 Å². The van der Waals surface area contributed by atoms with Crippen LogP contribution in [0.15, 0.2) is 35.7 Å². The first kappa shape index (κ1) is 20.2. The van der Waals surface area contributed by atoms with Crippen LogP contribution in [0.4, 0.5) is 0 Å². The van der Waals surface area contributed by atoms with Crippen LogP contribution in [-0.4, -0.2) is 36.9 Å². The minimum absolute atomic E-state index is 0.276. The Kier molecular flexibility index (Phi) is 5.54. The molecule has 24 heavy (non-hydrogen) atoms. The van der Waals surface area contributed by atoms with E-state index in [-0.39, 0.29) is 4.90 Å². The maximum atomic E-state index is 12.8. The molecule has 1 aromatic carbocycles. The van der Waals surface area contributed by atoms with Gasteiger partial charge >= 0.3 is 5.97 Å². The molecule has 0 aliphatic rings. The van der Waals surface area contributed by atoms with E-state index in [1.165, 1.54) is 37.3 Å². The van der Waals surface area contributed by atoms with Gasteiger partial charge in [0.1, 0.15) is 20.8 Å². The summed E-state index contributed by atoms with van der Waals surface area (Å²) in [7, 11) is -5.43. The van der Waals surface area contributed by atoms with Gasteiger partial charge in [-0.25, -0.2) is 4.21 Å². The van der Waals surface area contributed by atoms with Crippen molar-refractivity contribution >= 4 is 27.5 Å². The van der Waals surface area contributed by atoms with Crippen LogP contribution < -0.4 is 0 Å². The summed E-state index contributed by atoms with van der Waals surface area (Å²) in [5, 5.41) is 0. The summed E-state index contributed by atoms with van der Waals surface area (Å²) < 4.78 is 38.7. The molecule has 2 N–H and O–H groups in total. The SMILES string of the molecule is C=Cc1ccc(S(=O)(O)(O)CC(C)(C(C)=O)C(=O)OC(C)C)cc1. The first-order chi connectivity index (χ1) is 10.8. The van der Waals surface area contributed by atoms with Gasteiger partial charge in [0.25, 0.3) is 0 Å². The van der Waals surface area contributed by atoms with Crippen molar-refractivity contribution in [3.8, 4) is 0 Å². The van der Waals surface area contributed by atoms with Gasteiger partial charge in [-0.2, -0.15) is 0 Å². The van der Waals surface area contributed by atoms with Crippen molar-refractivity contribution in [2.75, 3.05) is 5.75 Å². The normalized spacial score (nSPS) is 15.9. The lowest BCUT2D eigenvalue weighted by Gasteiger charge is -2.37. The van der Waals surface area contributed by atoms with Crippen LogP contribution in [0.1, 0.15) is 33.3 Å². The minimum Gasteiger partial charge on any atom is -0.462 e. The number of hydrogen-bond donors (Lipinski definition) is 2. The van der Waals surface area contributed by atoms with E-state index in [1.807, 2.05) is 0 Å². The number of benzene rings is 1. The second kappa shape index (κ2) is 6.58. The number of hydrogen-bond acceptors (Lipinski definition) is 4. The maximum absolute atomic E-state index is 12.8. The third-order valence-electron chi connectivity index (χ3n) is 3.71. The summed E-state index contributed by atoms with van der Waals surface area (Å²) in [5.74, 6) is -2.59. The molecule has 0 amide bonds. The van der Waals surface area contributed by atoms with Crippen LogP contribution in [0.5, 0.6) is 0 Å². The van der Waals surface area contributed by atoms with Gasteiger partial charge in [0, 0.05) is 0 Å². The summed E-state index contributed by atoms with van der Waals surface area (Å²) >= 11 is 0. The number of ketones is 1. The second-order valence-electron chi connectivity index (χ2n) is 6.28. The molecule has 1 rings (SSSR count). The quantitative estimate of drug-likeness (QED) is 0.575. The molecule has 0 spiro atoms. The number of esters is 1. The molecule has 134 valence electrons. The molecule has 1 unspecified atom stereocenters. The molecule has 0 saturated carbocycles. The summed E-state index contributed by atoms with van der Waals surface area (Å²) in [5.41, 5.74) is -1.26. The van der Waals surface area contributed by atoms with Crippen molar-refractivity contribution in [3.63, 3.8) is 0 Å². The number of Topliss-reactive ketones (excluding diaryl/α,β-unsaturated/α-hetero) is 1. The van der Waals surface area contributed by atoms with E-state index in [0.717, 1.165) is 6.92 Å². The first-order valence-corrected chi connectivity index (χ1v) is 9.45. The molecule has 7 heteroatoms. The highest BCUT2D eigenvalue weighted by molar-refractivity contribution is 8.10. The third kappa shape index (κ3) is 4.37. The Morgan fingerprint density at radius 3 is 2.17 bits per heavy atom.